The largest absolute Gasteiger partial charge is 0.381 e. The van der Waals surface area contributed by atoms with E-state index in [9.17, 15) is 0 Å². The summed E-state index contributed by atoms with van der Waals surface area (Å²) in [7, 11) is 2.03. The molecule has 0 N–H and O–H groups in total. The number of aromatic nitrogens is 2. The van der Waals surface area contributed by atoms with Gasteiger partial charge in [0.2, 0.25) is 0 Å². The first-order chi connectivity index (χ1) is 6.70. The SMILES string of the molecule is Cn1c(C2CCOCC2)nc(Br)c1Br. The van der Waals surface area contributed by atoms with Crippen LogP contribution in [0.1, 0.15) is 24.6 Å². The van der Waals surface area contributed by atoms with Gasteiger partial charge in [0.05, 0.1) is 0 Å². The van der Waals surface area contributed by atoms with Crippen molar-refractivity contribution in [2.75, 3.05) is 13.2 Å². The number of imidazole rings is 1. The lowest BCUT2D eigenvalue weighted by atomic mass is 10.00. The predicted molar refractivity (Wildman–Crippen MR) is 61.4 cm³/mol. The zero-order valence-corrected chi connectivity index (χ0v) is 11.1. The fourth-order valence-corrected chi connectivity index (χ4v) is 2.50. The van der Waals surface area contributed by atoms with Gasteiger partial charge in [-0.05, 0) is 44.7 Å². The highest BCUT2D eigenvalue weighted by Gasteiger charge is 2.22. The number of nitrogens with zero attached hydrogens (tertiary/aromatic N) is 2. The van der Waals surface area contributed by atoms with E-state index < -0.39 is 0 Å². The molecule has 1 saturated heterocycles. The fraction of sp³-hybridized carbons (Fsp3) is 0.667. The van der Waals surface area contributed by atoms with Crippen LogP contribution in [0.5, 0.6) is 0 Å². The van der Waals surface area contributed by atoms with Crippen molar-refractivity contribution in [2.45, 2.75) is 18.8 Å². The predicted octanol–water partition coefficient (Wildman–Crippen LogP) is 2.84. The molecule has 78 valence electrons. The minimum Gasteiger partial charge on any atom is -0.381 e. The Bertz CT molecular complexity index is 332. The van der Waals surface area contributed by atoms with Crippen LogP contribution in [0.25, 0.3) is 0 Å². The van der Waals surface area contributed by atoms with Crippen molar-refractivity contribution in [1.82, 2.24) is 9.55 Å². The van der Waals surface area contributed by atoms with Gasteiger partial charge in [0.1, 0.15) is 15.0 Å². The van der Waals surface area contributed by atoms with Gasteiger partial charge >= 0.3 is 0 Å². The minimum atomic E-state index is 0.538. The lowest BCUT2D eigenvalue weighted by Crippen LogP contribution is -2.17. The summed E-state index contributed by atoms with van der Waals surface area (Å²) in [5, 5.41) is 0. The molecule has 3 nitrogen and oxygen atoms in total. The average molecular weight is 324 g/mol. The molecule has 2 rings (SSSR count). The molecule has 0 spiro atoms. The van der Waals surface area contributed by atoms with Crippen LogP contribution in [0.4, 0.5) is 0 Å². The average Bonchev–Trinajstić information content (AvgIpc) is 2.47. The topological polar surface area (TPSA) is 27.1 Å². The van der Waals surface area contributed by atoms with Crippen LogP contribution in [0.3, 0.4) is 0 Å². The van der Waals surface area contributed by atoms with Crippen molar-refractivity contribution in [3.05, 3.63) is 15.0 Å². The number of ether oxygens (including phenoxy) is 1. The van der Waals surface area contributed by atoms with E-state index in [4.69, 9.17) is 4.74 Å². The van der Waals surface area contributed by atoms with Gasteiger partial charge in [-0.1, -0.05) is 0 Å². The second kappa shape index (κ2) is 4.33. The first kappa shape index (κ1) is 10.6. The molecule has 1 aliphatic heterocycles. The molecule has 0 aromatic carbocycles. The molecule has 1 aromatic rings. The van der Waals surface area contributed by atoms with Crippen LogP contribution >= 0.6 is 31.9 Å². The second-order valence-corrected chi connectivity index (χ2v) is 5.00. The highest BCUT2D eigenvalue weighted by Crippen LogP contribution is 2.31. The molecule has 5 heteroatoms. The summed E-state index contributed by atoms with van der Waals surface area (Å²) in [5.41, 5.74) is 0. The normalized spacial score (nSPS) is 18.8. The Morgan fingerprint density at radius 1 is 1.36 bits per heavy atom. The van der Waals surface area contributed by atoms with Crippen molar-refractivity contribution < 1.29 is 4.74 Å². The van der Waals surface area contributed by atoms with E-state index in [0.29, 0.717) is 5.92 Å². The highest BCUT2D eigenvalue weighted by atomic mass is 79.9. The Labute approximate surface area is 100 Å². The summed E-state index contributed by atoms with van der Waals surface area (Å²) >= 11 is 6.91. The van der Waals surface area contributed by atoms with Crippen LogP contribution in [0.15, 0.2) is 9.21 Å². The molecule has 0 atom stereocenters. The standard InChI is InChI=1S/C9H12Br2N2O/c1-13-8(11)7(10)12-9(13)6-2-4-14-5-3-6/h6H,2-5H2,1H3. The molecule has 0 amide bonds. The Balaban J connectivity index is 2.26. The van der Waals surface area contributed by atoms with Gasteiger partial charge in [0.25, 0.3) is 0 Å². The van der Waals surface area contributed by atoms with Crippen LogP contribution in [0, 0.1) is 0 Å². The minimum absolute atomic E-state index is 0.538. The van der Waals surface area contributed by atoms with Crippen molar-refractivity contribution >= 4 is 31.9 Å². The van der Waals surface area contributed by atoms with Gasteiger partial charge in [-0.2, -0.15) is 0 Å². The molecule has 0 bridgehead atoms. The molecule has 0 aliphatic carbocycles. The van der Waals surface area contributed by atoms with Crippen LogP contribution in [-0.4, -0.2) is 22.8 Å². The molecule has 1 aromatic heterocycles. The third-order valence-corrected chi connectivity index (χ3v) is 4.60. The second-order valence-electron chi connectivity index (χ2n) is 3.50. The zero-order chi connectivity index (χ0) is 10.1. The van der Waals surface area contributed by atoms with Crippen molar-refractivity contribution in [3.63, 3.8) is 0 Å². The van der Waals surface area contributed by atoms with Crippen molar-refractivity contribution in [2.24, 2.45) is 7.05 Å². The third-order valence-electron chi connectivity index (χ3n) is 2.61. The van der Waals surface area contributed by atoms with Gasteiger partial charge in [-0.3, -0.25) is 0 Å². The summed E-state index contributed by atoms with van der Waals surface area (Å²) in [6.45, 7) is 1.71. The molecular weight excluding hydrogens is 312 g/mol. The Kier molecular flexibility index (Phi) is 3.29. The van der Waals surface area contributed by atoms with Crippen LogP contribution in [0.2, 0.25) is 0 Å². The molecule has 0 saturated carbocycles. The first-order valence-electron chi connectivity index (χ1n) is 4.65. The quantitative estimate of drug-likeness (QED) is 0.794. The fourth-order valence-electron chi connectivity index (χ4n) is 1.78. The van der Waals surface area contributed by atoms with E-state index in [1.807, 2.05) is 7.05 Å². The molecule has 14 heavy (non-hydrogen) atoms. The maximum Gasteiger partial charge on any atom is 0.139 e. The van der Waals surface area contributed by atoms with Crippen LogP contribution in [-0.2, 0) is 11.8 Å². The van der Waals surface area contributed by atoms with E-state index in [0.717, 1.165) is 41.1 Å². The van der Waals surface area contributed by atoms with Crippen molar-refractivity contribution in [1.29, 1.82) is 0 Å². The lowest BCUT2D eigenvalue weighted by molar-refractivity contribution is 0.0830. The summed E-state index contributed by atoms with van der Waals surface area (Å²) < 4.78 is 9.34. The summed E-state index contributed by atoms with van der Waals surface area (Å²) in [4.78, 5) is 4.51. The Hall–Kier alpha value is 0.130. The summed E-state index contributed by atoms with van der Waals surface area (Å²) in [6, 6.07) is 0. The van der Waals surface area contributed by atoms with Crippen molar-refractivity contribution in [3.8, 4) is 0 Å². The summed E-state index contributed by atoms with van der Waals surface area (Å²) in [5.74, 6) is 1.68. The van der Waals surface area contributed by atoms with Crippen LogP contribution < -0.4 is 0 Å². The molecule has 0 unspecified atom stereocenters. The lowest BCUT2D eigenvalue weighted by Gasteiger charge is -2.21. The molecule has 1 fully saturated rings. The molecule has 1 aliphatic rings. The monoisotopic (exact) mass is 322 g/mol. The highest BCUT2D eigenvalue weighted by molar-refractivity contribution is 9.13. The van der Waals surface area contributed by atoms with Gasteiger partial charge < -0.3 is 9.30 Å². The van der Waals surface area contributed by atoms with E-state index in [-0.39, 0.29) is 0 Å². The number of hydrogen-bond donors (Lipinski definition) is 0. The van der Waals surface area contributed by atoms with E-state index >= 15 is 0 Å². The smallest absolute Gasteiger partial charge is 0.139 e. The third kappa shape index (κ3) is 1.90. The number of rotatable bonds is 1. The van der Waals surface area contributed by atoms with E-state index in [1.165, 1.54) is 0 Å². The van der Waals surface area contributed by atoms with Gasteiger partial charge in [0, 0.05) is 26.2 Å². The number of hydrogen-bond acceptors (Lipinski definition) is 2. The maximum atomic E-state index is 5.34. The first-order valence-corrected chi connectivity index (χ1v) is 6.24. The van der Waals surface area contributed by atoms with E-state index in [2.05, 4.69) is 41.4 Å². The Morgan fingerprint density at radius 3 is 2.50 bits per heavy atom. The van der Waals surface area contributed by atoms with Gasteiger partial charge in [-0.15, -0.1) is 0 Å². The van der Waals surface area contributed by atoms with E-state index in [1.54, 1.807) is 0 Å². The zero-order valence-electron chi connectivity index (χ0n) is 7.96. The Morgan fingerprint density at radius 2 is 2.00 bits per heavy atom. The maximum absolute atomic E-state index is 5.34. The number of halogens is 2. The molecule has 2 heterocycles. The van der Waals surface area contributed by atoms with Gasteiger partial charge in [0.15, 0.2) is 0 Å². The van der Waals surface area contributed by atoms with Gasteiger partial charge in [-0.25, -0.2) is 4.98 Å². The molecular formula is C9H12Br2N2O. The summed E-state index contributed by atoms with van der Waals surface area (Å²) in [6.07, 6.45) is 2.15. The molecule has 0 radical (unpaired) electrons.